The molecule has 0 aromatic rings. The third kappa shape index (κ3) is 1.48. The van der Waals surface area contributed by atoms with Crippen molar-refractivity contribution in [2.45, 2.75) is 6.92 Å². The second-order valence-electron chi connectivity index (χ2n) is 3.35. The van der Waals surface area contributed by atoms with E-state index in [0.717, 1.165) is 27.9 Å². The Labute approximate surface area is 97.5 Å². The first kappa shape index (κ1) is 10.0. The van der Waals surface area contributed by atoms with Crippen molar-refractivity contribution in [2.24, 2.45) is 0 Å². The van der Waals surface area contributed by atoms with Gasteiger partial charge in [0.15, 0.2) is 16.3 Å². The molecule has 1 nitrogen and oxygen atoms in total. The molecule has 2 radical (unpaired) electrons. The highest BCUT2D eigenvalue weighted by molar-refractivity contribution is 6.18. The van der Waals surface area contributed by atoms with Crippen molar-refractivity contribution in [3.63, 3.8) is 0 Å². The molecule has 0 heterocycles. The van der Waals surface area contributed by atoms with Gasteiger partial charge in [0.25, 0.3) is 0 Å². The number of rotatable bonds is 0. The van der Waals surface area contributed by atoms with Crippen LogP contribution in [0.4, 0.5) is 0 Å². The molecule has 2 aliphatic carbocycles. The van der Waals surface area contributed by atoms with E-state index in [1.54, 1.807) is 0 Å². The summed E-state index contributed by atoms with van der Waals surface area (Å²) in [5.74, 6) is 0. The van der Waals surface area contributed by atoms with Crippen molar-refractivity contribution in [3.05, 3.63) is 62.8 Å². The van der Waals surface area contributed by atoms with E-state index < -0.39 is 0 Å². The van der Waals surface area contributed by atoms with Gasteiger partial charge < -0.3 is 0 Å². The lowest BCUT2D eigenvalue weighted by Gasteiger charge is -2.02. The van der Waals surface area contributed by atoms with Crippen LogP contribution in [0.3, 0.4) is 0 Å². The van der Waals surface area contributed by atoms with Gasteiger partial charge in [0.05, 0.1) is 5.57 Å². The molecule has 0 atom stereocenters. The molecule has 0 amide bonds. The van der Waals surface area contributed by atoms with Crippen LogP contribution in [0.25, 0.3) is 0 Å². The fraction of sp³-hybridized carbons (Fsp3) is 0.0769. The zero-order valence-corrected chi connectivity index (χ0v) is 9.57. The highest BCUT2D eigenvalue weighted by Gasteiger charge is 2.25. The van der Waals surface area contributed by atoms with Crippen LogP contribution in [-0.2, 0) is 0 Å². The molecular weight excluding hydrogens is 197 g/mol. The lowest BCUT2D eigenvalue weighted by Crippen LogP contribution is -1.85. The van der Waals surface area contributed by atoms with Crippen molar-refractivity contribution in [1.29, 1.82) is 5.26 Å². The molecule has 0 N–H and O–H groups in total. The van der Waals surface area contributed by atoms with Crippen LogP contribution in [-0.4, -0.2) is 16.3 Å². The van der Waals surface area contributed by atoms with Gasteiger partial charge in [-0.25, -0.2) is 0 Å². The Balaban J connectivity index is 2.71. The van der Waals surface area contributed by atoms with E-state index >= 15 is 0 Å². The first-order valence-corrected chi connectivity index (χ1v) is 5.33. The van der Waals surface area contributed by atoms with Gasteiger partial charge in [-0.05, 0) is 47.9 Å². The van der Waals surface area contributed by atoms with E-state index in [-0.39, 0.29) is 0 Å². The summed E-state index contributed by atoms with van der Waals surface area (Å²) in [6, 6.07) is 2.26. The van der Waals surface area contributed by atoms with E-state index in [4.69, 9.17) is 5.26 Å². The van der Waals surface area contributed by atoms with Crippen LogP contribution < -0.4 is 0 Å². The molecule has 2 heteroatoms. The molecular formula is C13H8AlN. The standard InChI is InChI=1S/C13H8N.Al/c1-9-10(2)13(8-14)12-7-5-3-4-6-11(9)12;/h1,4-7H,2H3;. The summed E-state index contributed by atoms with van der Waals surface area (Å²) in [6.45, 7) is 1.98. The predicted molar refractivity (Wildman–Crippen MR) is 61.0 cm³/mol. The number of fused-ring (bicyclic) bond motifs is 1. The number of nitrogens with zero attached hydrogens (tertiary/aromatic N) is 1. The topological polar surface area (TPSA) is 23.8 Å². The minimum absolute atomic E-state index is 0.767. The summed E-state index contributed by atoms with van der Waals surface area (Å²) in [7, 11) is 0. The van der Waals surface area contributed by atoms with Crippen molar-refractivity contribution in [1.82, 2.24) is 0 Å². The lowest BCUT2D eigenvalue weighted by molar-refractivity contribution is 1.42. The Morgan fingerprint density at radius 2 is 2.00 bits per heavy atom. The van der Waals surface area contributed by atoms with Crippen LogP contribution in [0.5, 0.6) is 0 Å². The molecule has 0 bridgehead atoms. The molecule has 15 heavy (non-hydrogen) atoms. The predicted octanol–water partition coefficient (Wildman–Crippen LogP) is 2.47. The number of allylic oxidation sites excluding steroid dienone is 8. The van der Waals surface area contributed by atoms with Crippen LogP contribution in [0, 0.1) is 11.3 Å². The third-order valence-corrected chi connectivity index (χ3v) is 2.93. The van der Waals surface area contributed by atoms with Crippen LogP contribution in [0.1, 0.15) is 6.92 Å². The minimum Gasteiger partial charge on any atom is -0.192 e. The van der Waals surface area contributed by atoms with Crippen LogP contribution in [0.2, 0.25) is 0 Å². The summed E-state index contributed by atoms with van der Waals surface area (Å²) in [5, 5.41) is 9.13. The average molecular weight is 205 g/mol. The SMILES string of the molecule is CC1=C(C#N)C2=CC=C=CC=C2/C1=[CH]\[Al]. The Bertz CT molecular complexity index is 542. The summed E-state index contributed by atoms with van der Waals surface area (Å²) in [5.41, 5.74) is 8.07. The van der Waals surface area contributed by atoms with Crippen molar-refractivity contribution >= 4 is 16.3 Å². The van der Waals surface area contributed by atoms with Crippen LogP contribution >= 0.6 is 0 Å². The highest BCUT2D eigenvalue weighted by Crippen LogP contribution is 2.40. The normalized spacial score (nSPS) is 20.9. The van der Waals surface area contributed by atoms with Crippen LogP contribution in [0.15, 0.2) is 62.8 Å². The first-order chi connectivity index (χ1) is 7.29. The highest BCUT2D eigenvalue weighted by atomic mass is 27.0. The quantitative estimate of drug-likeness (QED) is 0.440. The van der Waals surface area contributed by atoms with E-state index in [1.807, 2.05) is 36.2 Å². The van der Waals surface area contributed by atoms with E-state index in [0.29, 0.717) is 0 Å². The van der Waals surface area contributed by atoms with E-state index in [2.05, 4.69) is 28.1 Å². The van der Waals surface area contributed by atoms with E-state index in [1.165, 1.54) is 0 Å². The Morgan fingerprint density at radius 3 is 2.60 bits per heavy atom. The summed E-state index contributed by atoms with van der Waals surface area (Å²) < 4.78 is 0. The maximum Gasteiger partial charge on any atom is 0.163 e. The van der Waals surface area contributed by atoms with Crippen molar-refractivity contribution in [2.75, 3.05) is 0 Å². The molecule has 0 saturated heterocycles. The van der Waals surface area contributed by atoms with Crippen molar-refractivity contribution < 1.29 is 0 Å². The Morgan fingerprint density at radius 1 is 1.33 bits per heavy atom. The van der Waals surface area contributed by atoms with Gasteiger partial charge in [-0.3, -0.25) is 0 Å². The number of hydrogen-bond acceptors (Lipinski definition) is 1. The molecule has 2 rings (SSSR count). The first-order valence-electron chi connectivity index (χ1n) is 4.67. The van der Waals surface area contributed by atoms with Gasteiger partial charge in [-0.1, -0.05) is 0 Å². The fourth-order valence-corrected chi connectivity index (χ4v) is 2.28. The zero-order chi connectivity index (χ0) is 10.8. The third-order valence-electron chi connectivity index (χ3n) is 2.60. The maximum atomic E-state index is 9.13. The Kier molecular flexibility index (Phi) is 2.63. The molecule has 0 saturated carbocycles. The van der Waals surface area contributed by atoms with E-state index in [9.17, 15) is 0 Å². The largest absolute Gasteiger partial charge is 0.192 e. The maximum absolute atomic E-state index is 9.13. The summed E-state index contributed by atoms with van der Waals surface area (Å²) in [6.07, 6.45) is 7.66. The molecule has 0 aromatic carbocycles. The average Bonchev–Trinajstić information content (AvgIpc) is 2.43. The molecule has 0 spiro atoms. The second-order valence-corrected chi connectivity index (χ2v) is 3.69. The Hall–Kier alpha value is -1.50. The summed E-state index contributed by atoms with van der Waals surface area (Å²) >= 11 is 2.60. The smallest absolute Gasteiger partial charge is 0.163 e. The minimum atomic E-state index is 0.767. The number of hydrogen-bond donors (Lipinski definition) is 0. The number of nitriles is 1. The lowest BCUT2D eigenvalue weighted by atomic mass is 10.0. The molecule has 0 aliphatic heterocycles. The fourth-order valence-electron chi connectivity index (χ4n) is 1.85. The molecule has 68 valence electrons. The zero-order valence-electron chi connectivity index (χ0n) is 8.41. The van der Waals surface area contributed by atoms with Gasteiger partial charge in [0, 0.05) is 5.57 Å². The van der Waals surface area contributed by atoms with Gasteiger partial charge in [-0.2, -0.15) is 10.2 Å². The van der Waals surface area contributed by atoms with Gasteiger partial charge in [0.1, 0.15) is 6.07 Å². The molecule has 0 unspecified atom stereocenters. The molecule has 2 aliphatic rings. The van der Waals surface area contributed by atoms with Gasteiger partial charge in [0.2, 0.25) is 0 Å². The van der Waals surface area contributed by atoms with Gasteiger partial charge in [-0.15, -0.1) is 5.73 Å². The monoisotopic (exact) mass is 205 g/mol. The molecule has 0 aromatic heterocycles. The molecule has 0 fully saturated rings. The summed E-state index contributed by atoms with van der Waals surface area (Å²) in [4.78, 5) is 1.97. The van der Waals surface area contributed by atoms with Gasteiger partial charge >= 0.3 is 0 Å². The van der Waals surface area contributed by atoms with Crippen molar-refractivity contribution in [3.8, 4) is 6.07 Å². The second kappa shape index (κ2) is 3.94.